The molecule has 0 aliphatic heterocycles. The summed E-state index contributed by atoms with van der Waals surface area (Å²) in [5, 5.41) is 9.87. The van der Waals surface area contributed by atoms with Gasteiger partial charge in [0.2, 0.25) is 0 Å². The third-order valence-corrected chi connectivity index (χ3v) is 4.20. The average Bonchev–Trinajstić information content (AvgIpc) is 2.53. The molecule has 0 fully saturated rings. The summed E-state index contributed by atoms with van der Waals surface area (Å²) in [5.74, 6) is -1.36. The number of hydrogen-bond donors (Lipinski definition) is 0. The van der Waals surface area contributed by atoms with Crippen LogP contribution in [-0.4, -0.2) is 25.2 Å². The molecule has 0 N–H and O–H groups in total. The van der Waals surface area contributed by atoms with Crippen LogP contribution in [0.15, 0.2) is 0 Å². The highest BCUT2D eigenvalue weighted by atomic mass is 16.5. The maximum atomic E-state index is 12.6. The maximum Gasteiger partial charge on any atom is 0.327 e. The van der Waals surface area contributed by atoms with E-state index < -0.39 is 23.3 Å². The quantitative estimate of drug-likeness (QED) is 0.497. The smallest absolute Gasteiger partial charge is 0.327 e. The summed E-state index contributed by atoms with van der Waals surface area (Å²) >= 11 is 0. The first-order valence-electron chi connectivity index (χ1n) is 9.14. The van der Waals surface area contributed by atoms with Crippen molar-refractivity contribution in [1.29, 1.82) is 5.26 Å². The lowest BCUT2D eigenvalue weighted by molar-refractivity contribution is -0.166. The van der Waals surface area contributed by atoms with Crippen LogP contribution in [0.1, 0.15) is 73.1 Å². The predicted octanol–water partition coefficient (Wildman–Crippen LogP) is 4.26. The van der Waals surface area contributed by atoms with E-state index in [1.165, 1.54) is 0 Å². The molecule has 5 nitrogen and oxygen atoms in total. The van der Waals surface area contributed by atoms with Crippen LogP contribution in [0, 0.1) is 28.6 Å². The van der Waals surface area contributed by atoms with Crippen LogP contribution in [0.25, 0.3) is 0 Å². The first kappa shape index (κ1) is 22.4. The Morgan fingerprint density at radius 3 is 2.12 bits per heavy atom. The molecule has 0 bridgehead atoms. The van der Waals surface area contributed by atoms with Gasteiger partial charge in [-0.1, -0.05) is 46.5 Å². The Bertz CT molecular complexity index is 428. The number of nitriles is 1. The largest absolute Gasteiger partial charge is 0.466 e. The molecule has 24 heavy (non-hydrogen) atoms. The van der Waals surface area contributed by atoms with Crippen molar-refractivity contribution >= 4 is 11.9 Å². The van der Waals surface area contributed by atoms with E-state index in [0.29, 0.717) is 25.2 Å². The van der Waals surface area contributed by atoms with Gasteiger partial charge in [-0.15, -0.1) is 0 Å². The van der Waals surface area contributed by atoms with E-state index in [9.17, 15) is 14.9 Å². The number of hydrogen-bond acceptors (Lipinski definition) is 5. The topological polar surface area (TPSA) is 76.4 Å². The number of nitrogens with zero attached hydrogens (tertiary/aromatic N) is 1. The van der Waals surface area contributed by atoms with Gasteiger partial charge in [0.15, 0.2) is 5.41 Å². The van der Waals surface area contributed by atoms with E-state index in [4.69, 9.17) is 9.47 Å². The third-order valence-electron chi connectivity index (χ3n) is 4.20. The molecule has 0 aromatic heterocycles. The van der Waals surface area contributed by atoms with E-state index in [-0.39, 0.29) is 13.2 Å². The van der Waals surface area contributed by atoms with Gasteiger partial charge in [-0.3, -0.25) is 9.59 Å². The lowest BCUT2D eigenvalue weighted by Crippen LogP contribution is -2.43. The molecular weight excluding hydrogens is 306 g/mol. The standard InChI is InChI=1S/C19H33NO4/c1-6-9-12-16(17(21)23-7-2)19(14-20,18(22)24-8-3)13-10-11-15(4)5/h15-16H,6-13H2,1-5H3. The van der Waals surface area contributed by atoms with Crippen molar-refractivity contribution in [1.82, 2.24) is 0 Å². The number of carbonyl (C=O) groups is 2. The number of carbonyl (C=O) groups excluding carboxylic acids is 2. The number of unbranched alkanes of at least 4 members (excludes halogenated alkanes) is 1. The molecule has 138 valence electrons. The van der Waals surface area contributed by atoms with Crippen molar-refractivity contribution in [2.75, 3.05) is 13.2 Å². The highest BCUT2D eigenvalue weighted by Gasteiger charge is 2.51. The van der Waals surface area contributed by atoms with Crippen molar-refractivity contribution in [3.63, 3.8) is 0 Å². The van der Waals surface area contributed by atoms with Gasteiger partial charge >= 0.3 is 11.9 Å². The summed E-state index contributed by atoms with van der Waals surface area (Å²) in [7, 11) is 0. The Morgan fingerprint density at radius 2 is 1.67 bits per heavy atom. The minimum Gasteiger partial charge on any atom is -0.466 e. The molecule has 0 heterocycles. The van der Waals surface area contributed by atoms with E-state index in [1.54, 1.807) is 13.8 Å². The zero-order valence-corrected chi connectivity index (χ0v) is 15.9. The maximum absolute atomic E-state index is 12.6. The summed E-state index contributed by atoms with van der Waals surface area (Å²) < 4.78 is 10.3. The van der Waals surface area contributed by atoms with E-state index in [1.807, 2.05) is 6.92 Å². The minimum absolute atomic E-state index is 0.190. The van der Waals surface area contributed by atoms with Gasteiger partial charge in [0.25, 0.3) is 0 Å². The Labute approximate surface area is 146 Å². The van der Waals surface area contributed by atoms with Crippen LogP contribution in [0.3, 0.4) is 0 Å². The summed E-state index contributed by atoms with van der Waals surface area (Å²) in [6.45, 7) is 10.1. The monoisotopic (exact) mass is 339 g/mol. The Balaban J connectivity index is 5.64. The molecule has 0 aliphatic carbocycles. The summed E-state index contributed by atoms with van der Waals surface area (Å²) in [6, 6.07) is 2.15. The van der Waals surface area contributed by atoms with Crippen molar-refractivity contribution in [3.8, 4) is 6.07 Å². The first-order valence-corrected chi connectivity index (χ1v) is 9.14. The number of rotatable bonds is 12. The second-order valence-electron chi connectivity index (χ2n) is 6.54. The van der Waals surface area contributed by atoms with Gasteiger partial charge in [0, 0.05) is 0 Å². The third kappa shape index (κ3) is 6.51. The lowest BCUT2D eigenvalue weighted by Gasteiger charge is -2.31. The van der Waals surface area contributed by atoms with Gasteiger partial charge in [-0.2, -0.15) is 5.26 Å². The molecule has 5 heteroatoms. The summed E-state index contributed by atoms with van der Waals surface area (Å²) in [4.78, 5) is 25.1. The Morgan fingerprint density at radius 1 is 1.04 bits per heavy atom. The zero-order valence-electron chi connectivity index (χ0n) is 15.9. The fourth-order valence-corrected chi connectivity index (χ4v) is 2.86. The van der Waals surface area contributed by atoms with Gasteiger partial charge in [-0.25, -0.2) is 0 Å². The van der Waals surface area contributed by atoms with Gasteiger partial charge in [-0.05, 0) is 32.6 Å². The molecule has 0 saturated carbocycles. The van der Waals surface area contributed by atoms with E-state index in [2.05, 4.69) is 19.9 Å². The molecule has 0 radical (unpaired) electrons. The van der Waals surface area contributed by atoms with Crippen molar-refractivity contribution in [2.24, 2.45) is 17.3 Å². The lowest BCUT2D eigenvalue weighted by atomic mass is 9.70. The van der Waals surface area contributed by atoms with E-state index >= 15 is 0 Å². The zero-order chi connectivity index (χ0) is 18.6. The predicted molar refractivity (Wildman–Crippen MR) is 93.0 cm³/mol. The van der Waals surface area contributed by atoms with Crippen LogP contribution >= 0.6 is 0 Å². The molecule has 0 aromatic rings. The fourth-order valence-electron chi connectivity index (χ4n) is 2.86. The van der Waals surface area contributed by atoms with Gasteiger partial charge in [0.1, 0.15) is 0 Å². The van der Waals surface area contributed by atoms with Crippen molar-refractivity contribution in [2.45, 2.75) is 73.1 Å². The molecule has 0 amide bonds. The highest BCUT2D eigenvalue weighted by Crippen LogP contribution is 2.39. The molecule has 0 rings (SSSR count). The van der Waals surface area contributed by atoms with Crippen LogP contribution in [-0.2, 0) is 19.1 Å². The second-order valence-corrected chi connectivity index (χ2v) is 6.54. The van der Waals surface area contributed by atoms with E-state index in [0.717, 1.165) is 19.3 Å². The molecule has 0 spiro atoms. The molecule has 2 unspecified atom stereocenters. The Hall–Kier alpha value is -1.57. The minimum atomic E-state index is -1.45. The Kier molecular flexibility index (Phi) is 11.1. The van der Waals surface area contributed by atoms with Crippen LogP contribution < -0.4 is 0 Å². The second kappa shape index (κ2) is 11.9. The van der Waals surface area contributed by atoms with Crippen LogP contribution in [0.2, 0.25) is 0 Å². The molecule has 0 aliphatic rings. The van der Waals surface area contributed by atoms with Crippen LogP contribution in [0.4, 0.5) is 0 Å². The van der Waals surface area contributed by atoms with Crippen molar-refractivity contribution in [3.05, 3.63) is 0 Å². The summed E-state index contributed by atoms with van der Waals surface area (Å²) in [6.07, 6.45) is 4.03. The number of esters is 2. The van der Waals surface area contributed by atoms with Crippen molar-refractivity contribution < 1.29 is 19.1 Å². The molecule has 2 atom stereocenters. The number of ether oxygens (including phenoxy) is 2. The normalized spacial score (nSPS) is 14.5. The summed E-state index contributed by atoms with van der Waals surface area (Å²) in [5.41, 5.74) is -1.45. The first-order chi connectivity index (χ1) is 11.4. The molecule has 0 saturated heterocycles. The fraction of sp³-hybridized carbons (Fsp3) is 0.842. The molecular formula is C19H33NO4. The van der Waals surface area contributed by atoms with Gasteiger partial charge in [0.05, 0.1) is 25.2 Å². The van der Waals surface area contributed by atoms with Gasteiger partial charge < -0.3 is 9.47 Å². The SMILES string of the molecule is CCCCC(C(=O)OCC)C(C#N)(CCCC(C)C)C(=O)OCC. The highest BCUT2D eigenvalue weighted by molar-refractivity contribution is 5.88. The van der Waals surface area contributed by atoms with Crippen LogP contribution in [0.5, 0.6) is 0 Å². The molecule has 0 aromatic carbocycles. The average molecular weight is 339 g/mol.